The predicted octanol–water partition coefficient (Wildman–Crippen LogP) is 2.12. The Labute approximate surface area is 109 Å². The monoisotopic (exact) mass is 249 g/mol. The van der Waals surface area contributed by atoms with Gasteiger partial charge >= 0.3 is 0 Å². The van der Waals surface area contributed by atoms with Crippen molar-refractivity contribution in [3.63, 3.8) is 0 Å². The maximum atomic E-state index is 5.73. The van der Waals surface area contributed by atoms with Gasteiger partial charge in [-0.25, -0.2) is 4.98 Å². The molecule has 18 heavy (non-hydrogen) atoms. The van der Waals surface area contributed by atoms with Gasteiger partial charge in [0.25, 0.3) is 0 Å². The molecule has 1 atom stereocenters. The van der Waals surface area contributed by atoms with Gasteiger partial charge in [0.15, 0.2) is 0 Å². The lowest BCUT2D eigenvalue weighted by Gasteiger charge is -2.32. The van der Waals surface area contributed by atoms with E-state index < -0.39 is 0 Å². The van der Waals surface area contributed by atoms with Crippen LogP contribution in [0.25, 0.3) is 0 Å². The number of anilines is 1. The fourth-order valence-electron chi connectivity index (χ4n) is 2.56. The van der Waals surface area contributed by atoms with Crippen LogP contribution in [0.15, 0.2) is 18.3 Å². The zero-order valence-corrected chi connectivity index (χ0v) is 11.4. The second kappa shape index (κ2) is 6.71. The Morgan fingerprint density at radius 2 is 2.44 bits per heavy atom. The van der Waals surface area contributed by atoms with Crippen molar-refractivity contribution in [2.45, 2.75) is 32.4 Å². The zero-order valence-electron chi connectivity index (χ0n) is 11.4. The highest BCUT2D eigenvalue weighted by Gasteiger charge is 2.20. The minimum atomic E-state index is 0.401. The molecule has 0 spiro atoms. The van der Waals surface area contributed by atoms with Crippen LogP contribution >= 0.6 is 0 Å². The molecular formula is C14H23N3O. The number of aromatic nitrogens is 1. The van der Waals surface area contributed by atoms with Crippen molar-refractivity contribution in [3.05, 3.63) is 23.9 Å². The molecule has 0 amide bonds. The van der Waals surface area contributed by atoms with E-state index in [4.69, 9.17) is 4.74 Å². The highest BCUT2D eigenvalue weighted by Crippen LogP contribution is 2.18. The van der Waals surface area contributed by atoms with Gasteiger partial charge in [0.1, 0.15) is 5.82 Å². The predicted molar refractivity (Wildman–Crippen MR) is 73.7 cm³/mol. The molecule has 0 aromatic carbocycles. The van der Waals surface area contributed by atoms with Gasteiger partial charge < -0.3 is 10.1 Å². The van der Waals surface area contributed by atoms with Crippen molar-refractivity contribution in [1.29, 1.82) is 0 Å². The summed E-state index contributed by atoms with van der Waals surface area (Å²) in [6, 6.07) is 4.14. The zero-order chi connectivity index (χ0) is 12.8. The SMILES string of the molecule is CCOC1CCCN(Cc2cccnc2NC)C1. The van der Waals surface area contributed by atoms with E-state index in [0.717, 1.165) is 32.1 Å². The minimum Gasteiger partial charge on any atom is -0.377 e. The van der Waals surface area contributed by atoms with E-state index in [1.807, 2.05) is 19.3 Å². The van der Waals surface area contributed by atoms with Crippen molar-refractivity contribution in [2.75, 3.05) is 32.1 Å². The Kier molecular flexibility index (Phi) is 4.96. The van der Waals surface area contributed by atoms with Gasteiger partial charge in [-0.2, -0.15) is 0 Å². The molecule has 4 nitrogen and oxygen atoms in total. The molecule has 0 bridgehead atoms. The summed E-state index contributed by atoms with van der Waals surface area (Å²) in [4.78, 5) is 6.81. The Hall–Kier alpha value is -1.13. The van der Waals surface area contributed by atoms with Crippen molar-refractivity contribution in [2.24, 2.45) is 0 Å². The third-order valence-electron chi connectivity index (χ3n) is 3.39. The van der Waals surface area contributed by atoms with Crippen LogP contribution in [-0.2, 0) is 11.3 Å². The van der Waals surface area contributed by atoms with E-state index in [1.165, 1.54) is 18.4 Å². The largest absolute Gasteiger partial charge is 0.377 e. The molecule has 1 saturated heterocycles. The molecule has 0 aliphatic carbocycles. The first-order valence-electron chi connectivity index (χ1n) is 6.79. The summed E-state index contributed by atoms with van der Waals surface area (Å²) < 4.78 is 5.73. The van der Waals surface area contributed by atoms with E-state index >= 15 is 0 Å². The van der Waals surface area contributed by atoms with Crippen molar-refractivity contribution in [3.8, 4) is 0 Å². The number of nitrogens with zero attached hydrogens (tertiary/aromatic N) is 2. The molecule has 2 rings (SSSR count). The number of hydrogen-bond donors (Lipinski definition) is 1. The summed E-state index contributed by atoms with van der Waals surface area (Å²) in [6.45, 7) is 6.02. The fourth-order valence-corrected chi connectivity index (χ4v) is 2.56. The number of piperidine rings is 1. The van der Waals surface area contributed by atoms with Gasteiger partial charge in [-0.15, -0.1) is 0 Å². The smallest absolute Gasteiger partial charge is 0.130 e. The molecule has 1 aliphatic rings. The average Bonchev–Trinajstić information content (AvgIpc) is 2.40. The van der Waals surface area contributed by atoms with Crippen LogP contribution in [0.4, 0.5) is 5.82 Å². The van der Waals surface area contributed by atoms with Gasteiger partial charge in [-0.3, -0.25) is 4.90 Å². The number of ether oxygens (including phenoxy) is 1. The third kappa shape index (κ3) is 3.43. The number of nitrogens with one attached hydrogen (secondary N) is 1. The summed E-state index contributed by atoms with van der Waals surface area (Å²) in [5.74, 6) is 0.982. The van der Waals surface area contributed by atoms with Crippen LogP contribution in [0.1, 0.15) is 25.3 Å². The van der Waals surface area contributed by atoms with E-state index in [1.54, 1.807) is 0 Å². The van der Waals surface area contributed by atoms with Gasteiger partial charge in [0.05, 0.1) is 6.10 Å². The second-order valence-corrected chi connectivity index (χ2v) is 4.72. The normalized spacial score (nSPS) is 20.9. The summed E-state index contributed by atoms with van der Waals surface area (Å²) in [5.41, 5.74) is 1.26. The van der Waals surface area contributed by atoms with Crippen molar-refractivity contribution >= 4 is 5.82 Å². The summed E-state index contributed by atoms with van der Waals surface area (Å²) in [6.07, 6.45) is 4.64. The Morgan fingerprint density at radius 3 is 3.22 bits per heavy atom. The minimum absolute atomic E-state index is 0.401. The number of hydrogen-bond acceptors (Lipinski definition) is 4. The van der Waals surface area contributed by atoms with Crippen molar-refractivity contribution < 1.29 is 4.74 Å². The van der Waals surface area contributed by atoms with Gasteiger partial charge in [-0.05, 0) is 32.4 Å². The van der Waals surface area contributed by atoms with Gasteiger partial charge in [0.2, 0.25) is 0 Å². The highest BCUT2D eigenvalue weighted by atomic mass is 16.5. The van der Waals surface area contributed by atoms with Crippen LogP contribution in [0.2, 0.25) is 0 Å². The van der Waals surface area contributed by atoms with Crippen LogP contribution in [0.3, 0.4) is 0 Å². The van der Waals surface area contributed by atoms with Crippen molar-refractivity contribution in [1.82, 2.24) is 9.88 Å². The lowest BCUT2D eigenvalue weighted by molar-refractivity contribution is 0.00366. The molecule has 1 aliphatic heterocycles. The Balaban J connectivity index is 1.96. The molecule has 4 heteroatoms. The average molecular weight is 249 g/mol. The summed E-state index contributed by atoms with van der Waals surface area (Å²) in [7, 11) is 1.92. The quantitative estimate of drug-likeness (QED) is 0.867. The Bertz CT molecular complexity index is 368. The number of likely N-dealkylation sites (tertiary alicyclic amines) is 1. The molecule has 1 N–H and O–H groups in total. The molecule has 1 aromatic rings. The van der Waals surface area contributed by atoms with Gasteiger partial charge in [0, 0.05) is 38.5 Å². The van der Waals surface area contributed by atoms with E-state index in [-0.39, 0.29) is 0 Å². The number of rotatable bonds is 5. The van der Waals surface area contributed by atoms with Crippen LogP contribution < -0.4 is 5.32 Å². The summed E-state index contributed by atoms with van der Waals surface area (Å²) >= 11 is 0. The van der Waals surface area contributed by atoms with E-state index in [0.29, 0.717) is 6.10 Å². The lowest BCUT2D eigenvalue weighted by atomic mass is 10.1. The number of pyridine rings is 1. The van der Waals surface area contributed by atoms with Crippen LogP contribution in [0.5, 0.6) is 0 Å². The highest BCUT2D eigenvalue weighted by molar-refractivity contribution is 5.42. The first-order chi connectivity index (χ1) is 8.83. The van der Waals surface area contributed by atoms with E-state index in [2.05, 4.69) is 28.2 Å². The Morgan fingerprint density at radius 1 is 1.56 bits per heavy atom. The molecule has 0 saturated carbocycles. The maximum Gasteiger partial charge on any atom is 0.130 e. The molecule has 2 heterocycles. The first-order valence-corrected chi connectivity index (χ1v) is 6.79. The standard InChI is InChI=1S/C14H23N3O/c1-3-18-13-7-5-9-17(11-13)10-12-6-4-8-16-14(12)15-2/h4,6,8,13H,3,5,7,9-11H2,1-2H3,(H,15,16). The molecular weight excluding hydrogens is 226 g/mol. The first kappa shape index (κ1) is 13.3. The maximum absolute atomic E-state index is 5.73. The molecule has 1 unspecified atom stereocenters. The third-order valence-corrected chi connectivity index (χ3v) is 3.39. The lowest BCUT2D eigenvalue weighted by Crippen LogP contribution is -2.39. The molecule has 1 aromatic heterocycles. The van der Waals surface area contributed by atoms with Gasteiger partial charge in [-0.1, -0.05) is 6.07 Å². The van der Waals surface area contributed by atoms with Crippen LogP contribution in [0, 0.1) is 0 Å². The molecule has 1 fully saturated rings. The molecule has 0 radical (unpaired) electrons. The summed E-state index contributed by atoms with van der Waals surface area (Å²) in [5, 5.41) is 3.15. The topological polar surface area (TPSA) is 37.4 Å². The molecule has 100 valence electrons. The van der Waals surface area contributed by atoms with E-state index in [9.17, 15) is 0 Å². The van der Waals surface area contributed by atoms with Crippen LogP contribution in [-0.4, -0.2) is 42.7 Å². The second-order valence-electron chi connectivity index (χ2n) is 4.72. The fraction of sp³-hybridized carbons (Fsp3) is 0.643.